The molecule has 0 saturated heterocycles. The fourth-order valence-electron chi connectivity index (χ4n) is 20.9. The molecule has 18 heterocycles. The van der Waals surface area contributed by atoms with Crippen LogP contribution in [0.5, 0.6) is 0 Å². The van der Waals surface area contributed by atoms with Gasteiger partial charge < -0.3 is 44.5 Å². The number of nitrogens with zero attached hydrogens (tertiary/aromatic N) is 10. The standard InChI is InChI=1S/C116H98N10O8/c1-61-43-51-93(127-61)77-27-19-35-85(117-77)101-69(9)105(89-39-23-31-81(121-89)97-55-47-65(5)131-97)113-109(73(101)13)110-74(14)102(86-36-20-28-78(118-86)94-52-44-62(2)128-94)70(10)106(90-40-24-32-82(122-90)98-56-48-66(6)132-98)114(110)125(113)59-17-18-60-126-115-107(91-41-25-33-83(123-91)99-57-49-67(7)133-99)71(11)103(87-37-21-29-79(119-87)95-53-45-63(3)129-95)75(15)111(115)112-76(16)104(88-38-22-30-80(120-88)96-54-46-64(4)130-96)72(12)108(116(112)126)92-42-26-34-84(124-92)100-58-50-68(8)134-100/h19-21,23-29,31-58H,17-18,22,30,59-60H2,1-16H3. The Morgan fingerprint density at radius 1 is 0.216 bits per heavy atom. The van der Waals surface area contributed by atoms with Crippen LogP contribution >= 0.6 is 0 Å². The molecule has 21 aromatic rings. The van der Waals surface area contributed by atoms with Crippen molar-refractivity contribution < 1.29 is 35.3 Å². The summed E-state index contributed by atoms with van der Waals surface area (Å²) in [4.78, 5) is 45.5. The number of fused-ring (bicyclic) bond motifs is 6. The van der Waals surface area contributed by atoms with Crippen LogP contribution in [-0.4, -0.2) is 49.7 Å². The van der Waals surface area contributed by atoms with Gasteiger partial charge in [0, 0.05) is 79.1 Å². The molecule has 0 aliphatic carbocycles. The lowest BCUT2D eigenvalue weighted by Crippen LogP contribution is -2.08. The molecule has 1 aliphatic rings. The summed E-state index contributed by atoms with van der Waals surface area (Å²) >= 11 is 0. The van der Waals surface area contributed by atoms with E-state index in [9.17, 15) is 0 Å². The summed E-state index contributed by atoms with van der Waals surface area (Å²) in [5.74, 6) is 11.8. The van der Waals surface area contributed by atoms with E-state index < -0.39 is 0 Å². The third-order valence-electron chi connectivity index (χ3n) is 26.7. The van der Waals surface area contributed by atoms with Crippen molar-refractivity contribution in [3.63, 3.8) is 0 Å². The first-order valence-corrected chi connectivity index (χ1v) is 45.9. The third kappa shape index (κ3) is 14.4. The largest absolute Gasteiger partial charge is 0.460 e. The molecule has 660 valence electrons. The van der Waals surface area contributed by atoms with Crippen molar-refractivity contribution in [2.75, 3.05) is 0 Å². The van der Waals surface area contributed by atoms with E-state index in [1.54, 1.807) is 0 Å². The number of hydrogen-bond donors (Lipinski definition) is 0. The summed E-state index contributed by atoms with van der Waals surface area (Å²) in [6, 6.07) is 75.9. The molecule has 0 N–H and O–H groups in total. The van der Waals surface area contributed by atoms with Crippen molar-refractivity contribution in [1.29, 1.82) is 0 Å². The van der Waals surface area contributed by atoms with Crippen molar-refractivity contribution in [2.45, 2.75) is 150 Å². The highest BCUT2D eigenvalue weighted by Crippen LogP contribution is 2.55. The lowest BCUT2D eigenvalue weighted by Gasteiger charge is -2.22. The lowest BCUT2D eigenvalue weighted by atomic mass is 9.85. The maximum atomic E-state index is 6.50. The quantitative estimate of drug-likeness (QED) is 0.0611. The van der Waals surface area contributed by atoms with E-state index in [1.165, 1.54) is 0 Å². The maximum absolute atomic E-state index is 6.50. The molecule has 17 aromatic heterocycles. The van der Waals surface area contributed by atoms with Gasteiger partial charge in [-0.2, -0.15) is 0 Å². The smallest absolute Gasteiger partial charge is 0.152 e. The van der Waals surface area contributed by atoms with Gasteiger partial charge in [-0.15, -0.1) is 0 Å². The Labute approximate surface area is 775 Å². The number of aliphatic imine (C=N–C) groups is 1. The summed E-state index contributed by atoms with van der Waals surface area (Å²) < 4.78 is 56.8. The summed E-state index contributed by atoms with van der Waals surface area (Å²) in [6.45, 7) is 34.9. The van der Waals surface area contributed by atoms with Crippen LogP contribution in [0.1, 0.15) is 128 Å². The molecule has 0 amide bonds. The van der Waals surface area contributed by atoms with E-state index in [4.69, 9.17) is 75.2 Å². The molecule has 0 spiro atoms. The zero-order valence-electron chi connectivity index (χ0n) is 77.9. The van der Waals surface area contributed by atoms with Crippen molar-refractivity contribution in [3.05, 3.63) is 332 Å². The van der Waals surface area contributed by atoms with Gasteiger partial charge >= 0.3 is 0 Å². The van der Waals surface area contributed by atoms with E-state index in [2.05, 4.69) is 156 Å². The molecule has 4 aromatic carbocycles. The number of aryl methyl sites for hydroxylation is 14. The number of unbranched alkanes of at least 4 members (excludes halogenated alkanes) is 1. The van der Waals surface area contributed by atoms with E-state index in [1.807, 2.05) is 195 Å². The SMILES string of the molecule is Cc1ccc(C2=NC(c3c(C)c(-c4cccc(-c5ccc(C)o5)n4)c4c(c3C)c3c(C)c(-c5cccc(-c6ccc(C)o6)n5)c(C)c(-c5cccc(-c6ccc(C)o6)n5)c3n4CCCCn3c4c(-c5cccc(-c6ccc(C)o6)n5)c(C)c(-c5cccc(-c6ccc(C)o6)n5)c(C)c4c4c(C)c(-c5cccc(-c6ccc(C)o6)n5)c(C)c(-c5cccc(-c6ccc(C)o6)n5)c43)=CCC2)o1. The Morgan fingerprint density at radius 2 is 0.418 bits per heavy atom. The molecule has 0 unspecified atom stereocenters. The number of allylic oxidation sites excluding steroid dienone is 1. The molecular weight excluding hydrogens is 1660 g/mol. The average Bonchev–Trinajstić information content (AvgIpc) is 1.54. The fraction of sp³-hybridized carbons (Fsp3) is 0.190. The molecule has 0 saturated carbocycles. The molecule has 0 radical (unpaired) electrons. The number of rotatable bonds is 21. The Bertz CT molecular complexity index is 8190. The minimum atomic E-state index is 0.502. The van der Waals surface area contributed by atoms with Crippen LogP contribution in [0.3, 0.4) is 0 Å². The zero-order valence-corrected chi connectivity index (χ0v) is 77.9. The average molecular weight is 1760 g/mol. The second-order valence-corrected chi connectivity index (χ2v) is 35.7. The Kier molecular flexibility index (Phi) is 20.8. The number of aromatic nitrogens is 9. The summed E-state index contributed by atoms with van der Waals surface area (Å²) in [7, 11) is 0. The highest BCUT2D eigenvalue weighted by atomic mass is 16.4. The zero-order chi connectivity index (χ0) is 91.9. The van der Waals surface area contributed by atoms with Crippen LogP contribution in [0.2, 0.25) is 0 Å². The van der Waals surface area contributed by atoms with Gasteiger partial charge in [-0.1, -0.05) is 48.5 Å². The topological polar surface area (TPSA) is 218 Å². The normalized spacial score (nSPS) is 12.5. The highest BCUT2D eigenvalue weighted by Gasteiger charge is 2.36. The molecule has 18 nitrogen and oxygen atoms in total. The lowest BCUT2D eigenvalue weighted by molar-refractivity contribution is 0.523. The van der Waals surface area contributed by atoms with Crippen molar-refractivity contribution >= 4 is 55.0 Å². The Balaban J connectivity index is 0.843. The predicted octanol–water partition coefficient (Wildman–Crippen LogP) is 30.8. The number of hydrogen-bond acceptors (Lipinski definition) is 16. The van der Waals surface area contributed by atoms with Crippen LogP contribution in [-0.2, 0) is 13.1 Å². The van der Waals surface area contributed by atoms with E-state index >= 15 is 0 Å². The van der Waals surface area contributed by atoms with Gasteiger partial charge in [0.1, 0.15) is 91.7 Å². The van der Waals surface area contributed by atoms with Crippen LogP contribution in [0.15, 0.2) is 271 Å². The van der Waals surface area contributed by atoms with Gasteiger partial charge in [-0.05, 0) is 363 Å². The number of benzene rings is 4. The van der Waals surface area contributed by atoms with Gasteiger partial charge in [0.05, 0.1) is 73.3 Å². The Hall–Kier alpha value is -15.8. The first kappa shape index (κ1) is 83.8. The summed E-state index contributed by atoms with van der Waals surface area (Å²) in [5, 5.41) is 4.18. The van der Waals surface area contributed by atoms with Crippen molar-refractivity contribution in [3.8, 4) is 159 Å². The molecule has 134 heavy (non-hydrogen) atoms. The first-order valence-electron chi connectivity index (χ1n) is 45.9. The van der Waals surface area contributed by atoms with Crippen LogP contribution in [0, 0.1) is 111 Å². The van der Waals surface area contributed by atoms with Crippen LogP contribution < -0.4 is 0 Å². The highest BCUT2D eigenvalue weighted by molar-refractivity contribution is 6.24. The molecule has 22 rings (SSSR count). The molecule has 18 heteroatoms. The number of furan rings is 8. The van der Waals surface area contributed by atoms with Crippen molar-refractivity contribution in [1.82, 2.24) is 44.0 Å². The maximum Gasteiger partial charge on any atom is 0.152 e. The van der Waals surface area contributed by atoms with Gasteiger partial charge in [-0.25, -0.2) is 39.9 Å². The minimum absolute atomic E-state index is 0.502. The van der Waals surface area contributed by atoms with E-state index in [-0.39, 0.29) is 0 Å². The summed E-state index contributed by atoms with van der Waals surface area (Å²) in [6.07, 6.45) is 5.05. The third-order valence-corrected chi connectivity index (χ3v) is 26.7. The molecule has 0 bridgehead atoms. The van der Waals surface area contributed by atoms with Gasteiger partial charge in [0.2, 0.25) is 0 Å². The molecule has 1 aliphatic heterocycles. The van der Waals surface area contributed by atoms with E-state index in [0.717, 1.165) is 248 Å². The van der Waals surface area contributed by atoms with Gasteiger partial charge in [0.15, 0.2) is 40.3 Å². The second-order valence-electron chi connectivity index (χ2n) is 35.7. The van der Waals surface area contributed by atoms with Gasteiger partial charge in [0.25, 0.3) is 0 Å². The van der Waals surface area contributed by atoms with Crippen LogP contribution in [0.4, 0.5) is 0 Å². The van der Waals surface area contributed by atoms with E-state index in [0.29, 0.717) is 107 Å². The summed E-state index contributed by atoms with van der Waals surface area (Å²) in [5.41, 5.74) is 32.1. The predicted molar refractivity (Wildman–Crippen MR) is 533 cm³/mol. The molecular formula is C116H98N10O8. The fourth-order valence-corrected chi connectivity index (χ4v) is 20.9. The minimum Gasteiger partial charge on any atom is -0.460 e. The first-order chi connectivity index (χ1) is 65.0. The molecule has 0 atom stereocenters. The van der Waals surface area contributed by atoms with Gasteiger partial charge in [-0.3, -0.25) is 0 Å². The van der Waals surface area contributed by atoms with Crippen LogP contribution in [0.25, 0.3) is 208 Å². The molecule has 0 fully saturated rings. The Morgan fingerprint density at radius 3 is 0.642 bits per heavy atom. The second kappa shape index (κ2) is 33.2. The van der Waals surface area contributed by atoms with Crippen molar-refractivity contribution in [2.24, 2.45) is 4.99 Å². The number of pyridine rings is 7. The monoisotopic (exact) mass is 1760 g/mol.